The summed E-state index contributed by atoms with van der Waals surface area (Å²) in [6.07, 6.45) is 0.902. The van der Waals surface area contributed by atoms with Crippen LogP contribution < -0.4 is 15.8 Å². The van der Waals surface area contributed by atoms with E-state index in [4.69, 9.17) is 10.5 Å². The Kier molecular flexibility index (Phi) is 5.03. The van der Waals surface area contributed by atoms with E-state index in [2.05, 4.69) is 40.3 Å². The van der Waals surface area contributed by atoms with Crippen molar-refractivity contribution in [3.05, 3.63) is 29.8 Å². The van der Waals surface area contributed by atoms with Crippen LogP contribution in [0.5, 0.6) is 5.75 Å². The largest absolute Gasteiger partial charge is 0.493 e. The van der Waals surface area contributed by atoms with Gasteiger partial charge in [0.1, 0.15) is 5.75 Å². The third kappa shape index (κ3) is 3.95. The lowest BCUT2D eigenvalue weighted by atomic mass is 10.0. The molecule has 1 fully saturated rings. The van der Waals surface area contributed by atoms with Gasteiger partial charge in [-0.1, -0.05) is 18.2 Å². The zero-order valence-corrected chi connectivity index (χ0v) is 14.0. The smallest absolute Gasteiger partial charge is 0.189 e. The highest BCUT2D eigenvalue weighted by Crippen LogP contribution is 2.31. The fourth-order valence-corrected chi connectivity index (χ4v) is 3.22. The molecule has 3 N–H and O–H groups in total. The van der Waals surface area contributed by atoms with Gasteiger partial charge in [0.25, 0.3) is 0 Å². The molecule has 0 spiro atoms. The number of benzene rings is 1. The van der Waals surface area contributed by atoms with Gasteiger partial charge in [0.2, 0.25) is 0 Å². The van der Waals surface area contributed by atoms with E-state index >= 15 is 0 Å². The maximum absolute atomic E-state index is 6.12. The van der Waals surface area contributed by atoms with Crippen molar-refractivity contribution >= 4 is 5.96 Å². The van der Waals surface area contributed by atoms with Crippen molar-refractivity contribution in [3.63, 3.8) is 0 Å². The van der Waals surface area contributed by atoms with Crippen LogP contribution >= 0.6 is 0 Å². The SMILES string of the molecule is CN1CCN(C)C(CN=C(N)NC2CCOc3ccccc32)C1. The summed E-state index contributed by atoms with van der Waals surface area (Å²) in [4.78, 5) is 9.28. The molecule has 0 radical (unpaired) electrons. The van der Waals surface area contributed by atoms with E-state index in [9.17, 15) is 0 Å². The first kappa shape index (κ1) is 16.1. The summed E-state index contributed by atoms with van der Waals surface area (Å²) < 4.78 is 5.68. The second-order valence-corrected chi connectivity index (χ2v) is 6.49. The van der Waals surface area contributed by atoms with Crippen molar-refractivity contribution in [3.8, 4) is 5.75 Å². The second kappa shape index (κ2) is 7.19. The zero-order valence-electron chi connectivity index (χ0n) is 14.0. The molecular formula is C17H27N5O. The molecule has 2 aliphatic heterocycles. The number of ether oxygens (including phenoxy) is 1. The van der Waals surface area contributed by atoms with Crippen LogP contribution in [0, 0.1) is 0 Å². The van der Waals surface area contributed by atoms with Gasteiger partial charge < -0.3 is 20.7 Å². The van der Waals surface area contributed by atoms with Gasteiger partial charge in [-0.2, -0.15) is 0 Å². The predicted octanol–water partition coefficient (Wildman–Crippen LogP) is 0.660. The summed E-state index contributed by atoms with van der Waals surface area (Å²) in [5.41, 5.74) is 7.28. The standard InChI is InChI=1S/C17H27N5O/c1-21-8-9-22(2)13(12-21)11-19-17(18)20-15-7-10-23-16-6-4-3-5-14(15)16/h3-6,13,15H,7-12H2,1-2H3,(H3,18,19,20). The van der Waals surface area contributed by atoms with Crippen LogP contribution in [0.3, 0.4) is 0 Å². The van der Waals surface area contributed by atoms with E-state index in [0.29, 0.717) is 18.6 Å². The van der Waals surface area contributed by atoms with Crippen LogP contribution in [-0.4, -0.2) is 68.7 Å². The summed E-state index contributed by atoms with van der Waals surface area (Å²) in [5.74, 6) is 1.46. The number of para-hydroxylation sites is 1. The van der Waals surface area contributed by atoms with E-state index in [0.717, 1.165) is 43.9 Å². The van der Waals surface area contributed by atoms with Gasteiger partial charge in [-0.15, -0.1) is 0 Å². The van der Waals surface area contributed by atoms with Crippen molar-refractivity contribution in [2.75, 3.05) is 46.9 Å². The van der Waals surface area contributed by atoms with Crippen LogP contribution in [0.1, 0.15) is 18.0 Å². The minimum absolute atomic E-state index is 0.176. The average molecular weight is 317 g/mol. The maximum atomic E-state index is 6.12. The Morgan fingerprint density at radius 1 is 1.35 bits per heavy atom. The summed E-state index contributed by atoms with van der Waals surface area (Å²) in [7, 11) is 4.32. The summed E-state index contributed by atoms with van der Waals surface area (Å²) >= 11 is 0. The molecule has 1 saturated heterocycles. The van der Waals surface area contributed by atoms with Crippen LogP contribution in [0.4, 0.5) is 0 Å². The lowest BCUT2D eigenvalue weighted by Crippen LogP contribution is -2.51. The number of nitrogens with two attached hydrogens (primary N) is 1. The Morgan fingerprint density at radius 2 is 2.17 bits per heavy atom. The number of rotatable bonds is 3. The molecule has 2 unspecified atom stereocenters. The molecule has 0 aliphatic carbocycles. The average Bonchev–Trinajstić information content (AvgIpc) is 2.56. The van der Waals surface area contributed by atoms with Crippen LogP contribution in [-0.2, 0) is 0 Å². The molecule has 1 aromatic rings. The molecule has 23 heavy (non-hydrogen) atoms. The fraction of sp³-hybridized carbons (Fsp3) is 0.588. The zero-order chi connectivity index (χ0) is 16.2. The van der Waals surface area contributed by atoms with Crippen LogP contribution in [0.25, 0.3) is 0 Å². The Bertz CT molecular complexity index is 562. The van der Waals surface area contributed by atoms with Gasteiger partial charge in [0, 0.05) is 37.7 Å². The molecule has 6 nitrogen and oxygen atoms in total. The molecule has 3 rings (SSSR count). The number of fused-ring (bicyclic) bond motifs is 1. The number of likely N-dealkylation sites (N-methyl/N-ethyl adjacent to an activating group) is 2. The van der Waals surface area contributed by atoms with Crippen LogP contribution in [0.2, 0.25) is 0 Å². The minimum atomic E-state index is 0.176. The Hall–Kier alpha value is -1.79. The fourth-order valence-electron chi connectivity index (χ4n) is 3.22. The van der Waals surface area contributed by atoms with E-state index < -0.39 is 0 Å². The van der Waals surface area contributed by atoms with E-state index in [1.54, 1.807) is 0 Å². The van der Waals surface area contributed by atoms with Crippen molar-refractivity contribution in [2.45, 2.75) is 18.5 Å². The molecule has 1 aromatic carbocycles. The number of nitrogens with zero attached hydrogens (tertiary/aromatic N) is 3. The Labute approximate surface area is 138 Å². The highest BCUT2D eigenvalue weighted by atomic mass is 16.5. The lowest BCUT2D eigenvalue weighted by Gasteiger charge is -2.37. The molecule has 0 aromatic heterocycles. The quantitative estimate of drug-likeness (QED) is 0.633. The number of hydrogen-bond donors (Lipinski definition) is 2. The van der Waals surface area contributed by atoms with Gasteiger partial charge in [-0.25, -0.2) is 0 Å². The molecule has 2 aliphatic rings. The maximum Gasteiger partial charge on any atom is 0.189 e. The van der Waals surface area contributed by atoms with Crippen molar-refractivity contribution < 1.29 is 4.74 Å². The molecular weight excluding hydrogens is 290 g/mol. The van der Waals surface area contributed by atoms with Gasteiger partial charge in [-0.3, -0.25) is 9.89 Å². The van der Waals surface area contributed by atoms with Crippen LogP contribution in [0.15, 0.2) is 29.3 Å². The van der Waals surface area contributed by atoms with Gasteiger partial charge in [0.05, 0.1) is 19.2 Å². The number of guanidine groups is 1. The first-order valence-electron chi connectivity index (χ1n) is 8.30. The van der Waals surface area contributed by atoms with Gasteiger partial charge in [-0.05, 0) is 20.2 Å². The minimum Gasteiger partial charge on any atom is -0.493 e. The topological polar surface area (TPSA) is 66.1 Å². The number of aliphatic imine (C=N–C) groups is 1. The highest BCUT2D eigenvalue weighted by Gasteiger charge is 2.23. The molecule has 6 heteroatoms. The summed E-state index contributed by atoms with van der Waals surface area (Å²) in [6.45, 7) is 4.66. The van der Waals surface area contributed by atoms with Crippen molar-refractivity contribution in [1.29, 1.82) is 0 Å². The molecule has 126 valence electrons. The molecule has 0 saturated carbocycles. The lowest BCUT2D eigenvalue weighted by molar-refractivity contribution is 0.119. The van der Waals surface area contributed by atoms with E-state index in [1.807, 2.05) is 18.2 Å². The first-order valence-corrected chi connectivity index (χ1v) is 8.30. The van der Waals surface area contributed by atoms with Crippen molar-refractivity contribution in [1.82, 2.24) is 15.1 Å². The molecule has 0 amide bonds. The predicted molar refractivity (Wildman–Crippen MR) is 92.8 cm³/mol. The summed E-state index contributed by atoms with van der Waals surface area (Å²) in [5, 5.41) is 3.36. The molecule has 2 atom stereocenters. The monoisotopic (exact) mass is 317 g/mol. The number of nitrogens with one attached hydrogen (secondary N) is 1. The summed E-state index contributed by atoms with van der Waals surface area (Å²) in [6, 6.07) is 8.72. The third-order valence-corrected chi connectivity index (χ3v) is 4.73. The Morgan fingerprint density at radius 3 is 3.04 bits per heavy atom. The molecule has 2 heterocycles. The van der Waals surface area contributed by atoms with Crippen molar-refractivity contribution in [2.24, 2.45) is 10.7 Å². The number of piperazine rings is 1. The third-order valence-electron chi connectivity index (χ3n) is 4.73. The van der Waals surface area contributed by atoms with Gasteiger partial charge in [0.15, 0.2) is 5.96 Å². The normalized spacial score (nSPS) is 26.4. The molecule has 0 bridgehead atoms. The first-order chi connectivity index (χ1) is 11.1. The van der Waals surface area contributed by atoms with E-state index in [-0.39, 0.29) is 6.04 Å². The second-order valence-electron chi connectivity index (χ2n) is 6.49. The number of hydrogen-bond acceptors (Lipinski definition) is 4. The van der Waals surface area contributed by atoms with Gasteiger partial charge >= 0.3 is 0 Å². The Balaban J connectivity index is 1.60. The van der Waals surface area contributed by atoms with E-state index in [1.165, 1.54) is 0 Å². The highest BCUT2D eigenvalue weighted by molar-refractivity contribution is 5.78.